The molecular formula is C17H18FN3. The second-order valence-electron chi connectivity index (χ2n) is 5.38. The number of halogens is 1. The molecule has 0 aliphatic carbocycles. The Hall–Kier alpha value is -2.20. The second kappa shape index (κ2) is 5.30. The monoisotopic (exact) mass is 283 g/mol. The van der Waals surface area contributed by atoms with Crippen LogP contribution in [0.4, 0.5) is 4.39 Å². The average molecular weight is 283 g/mol. The van der Waals surface area contributed by atoms with Crippen molar-refractivity contribution in [2.45, 2.75) is 19.9 Å². The minimum atomic E-state index is -0.248. The summed E-state index contributed by atoms with van der Waals surface area (Å²) in [6, 6.07) is 10.6. The molecule has 1 atom stereocenters. The Morgan fingerprint density at radius 1 is 1.19 bits per heavy atom. The highest BCUT2D eigenvalue weighted by molar-refractivity contribution is 5.77. The second-order valence-corrected chi connectivity index (χ2v) is 5.38. The Morgan fingerprint density at radius 2 is 1.95 bits per heavy atom. The van der Waals surface area contributed by atoms with Crippen molar-refractivity contribution in [2.24, 2.45) is 5.73 Å². The van der Waals surface area contributed by atoms with E-state index in [4.69, 9.17) is 5.73 Å². The number of nitrogens with zero attached hydrogens (tertiary/aromatic N) is 2. The van der Waals surface area contributed by atoms with Crippen molar-refractivity contribution < 1.29 is 4.39 Å². The molecule has 1 heterocycles. The van der Waals surface area contributed by atoms with Crippen LogP contribution in [-0.2, 0) is 0 Å². The fourth-order valence-corrected chi connectivity index (χ4v) is 2.65. The predicted octanol–water partition coefficient (Wildman–Crippen LogP) is 3.34. The Labute approximate surface area is 123 Å². The number of benzene rings is 2. The van der Waals surface area contributed by atoms with Crippen LogP contribution in [0, 0.1) is 19.7 Å². The highest BCUT2D eigenvalue weighted by Gasteiger charge is 2.16. The number of aryl methyl sites for hydroxylation is 2. The molecule has 0 aliphatic heterocycles. The fourth-order valence-electron chi connectivity index (χ4n) is 2.65. The lowest BCUT2D eigenvalue weighted by Crippen LogP contribution is -2.20. The fraction of sp³-hybridized carbons (Fsp3) is 0.235. The van der Waals surface area contributed by atoms with Gasteiger partial charge in [-0.15, -0.1) is 0 Å². The highest BCUT2D eigenvalue weighted by Crippen LogP contribution is 2.25. The van der Waals surface area contributed by atoms with E-state index in [1.54, 1.807) is 12.4 Å². The van der Waals surface area contributed by atoms with E-state index in [9.17, 15) is 4.39 Å². The van der Waals surface area contributed by atoms with E-state index in [-0.39, 0.29) is 11.9 Å². The number of aromatic nitrogens is 2. The molecule has 0 spiro atoms. The molecule has 0 aliphatic rings. The van der Waals surface area contributed by atoms with E-state index < -0.39 is 0 Å². The molecule has 1 unspecified atom stereocenters. The molecule has 2 N–H and O–H groups in total. The summed E-state index contributed by atoms with van der Waals surface area (Å²) >= 11 is 0. The topological polar surface area (TPSA) is 43.8 Å². The molecule has 0 saturated heterocycles. The summed E-state index contributed by atoms with van der Waals surface area (Å²) in [6.07, 6.45) is 1.78. The van der Waals surface area contributed by atoms with Crippen LogP contribution in [0.25, 0.3) is 11.0 Å². The summed E-state index contributed by atoms with van der Waals surface area (Å²) in [7, 11) is 0. The van der Waals surface area contributed by atoms with Gasteiger partial charge in [0.05, 0.1) is 23.4 Å². The van der Waals surface area contributed by atoms with E-state index in [0.717, 1.165) is 16.6 Å². The third-order valence-electron chi connectivity index (χ3n) is 3.98. The molecule has 3 rings (SSSR count). The third kappa shape index (κ3) is 2.43. The zero-order valence-corrected chi connectivity index (χ0v) is 12.2. The van der Waals surface area contributed by atoms with E-state index in [1.165, 1.54) is 23.3 Å². The third-order valence-corrected chi connectivity index (χ3v) is 3.98. The molecule has 0 fully saturated rings. The minimum absolute atomic E-state index is 0.118. The first kappa shape index (κ1) is 13.8. The van der Waals surface area contributed by atoms with Crippen molar-refractivity contribution >= 4 is 11.0 Å². The van der Waals surface area contributed by atoms with Crippen LogP contribution in [0.5, 0.6) is 0 Å². The average Bonchev–Trinajstić information content (AvgIpc) is 2.84. The number of hydrogen-bond acceptors (Lipinski definition) is 2. The molecule has 3 aromatic rings. The van der Waals surface area contributed by atoms with Gasteiger partial charge in [-0.05, 0) is 54.8 Å². The smallest absolute Gasteiger partial charge is 0.123 e. The van der Waals surface area contributed by atoms with Crippen LogP contribution in [0.15, 0.2) is 42.7 Å². The quantitative estimate of drug-likeness (QED) is 0.801. The number of hydrogen-bond donors (Lipinski definition) is 1. The standard InChI is InChI=1S/C17H18FN3/c1-11-6-15-16(7-12(11)2)21(10-20-15)17(9-19)13-4-3-5-14(18)8-13/h3-8,10,17H,9,19H2,1-2H3. The van der Waals surface area contributed by atoms with Crippen LogP contribution in [0.2, 0.25) is 0 Å². The van der Waals surface area contributed by atoms with Gasteiger partial charge in [0.1, 0.15) is 5.82 Å². The number of imidazole rings is 1. The summed E-state index contributed by atoms with van der Waals surface area (Å²) in [5.41, 5.74) is 11.2. The Balaban J connectivity index is 2.15. The van der Waals surface area contributed by atoms with Crippen LogP contribution >= 0.6 is 0 Å². The van der Waals surface area contributed by atoms with Crippen molar-refractivity contribution in [3.05, 3.63) is 65.2 Å². The van der Waals surface area contributed by atoms with Crippen LogP contribution < -0.4 is 5.73 Å². The van der Waals surface area contributed by atoms with Crippen molar-refractivity contribution in [3.8, 4) is 0 Å². The lowest BCUT2D eigenvalue weighted by molar-refractivity contribution is 0.590. The van der Waals surface area contributed by atoms with Crippen LogP contribution in [-0.4, -0.2) is 16.1 Å². The van der Waals surface area contributed by atoms with Crippen molar-refractivity contribution in [2.75, 3.05) is 6.54 Å². The van der Waals surface area contributed by atoms with Gasteiger partial charge in [0, 0.05) is 6.54 Å². The zero-order chi connectivity index (χ0) is 15.0. The summed E-state index contributed by atoms with van der Waals surface area (Å²) < 4.78 is 15.5. The number of nitrogens with two attached hydrogens (primary N) is 1. The largest absolute Gasteiger partial charge is 0.328 e. The molecule has 108 valence electrons. The maximum absolute atomic E-state index is 13.5. The summed E-state index contributed by atoms with van der Waals surface area (Å²) in [5.74, 6) is -0.248. The molecule has 0 amide bonds. The van der Waals surface area contributed by atoms with Gasteiger partial charge in [-0.1, -0.05) is 12.1 Å². The van der Waals surface area contributed by atoms with E-state index in [0.29, 0.717) is 6.54 Å². The van der Waals surface area contributed by atoms with Gasteiger partial charge in [-0.25, -0.2) is 9.37 Å². The van der Waals surface area contributed by atoms with Gasteiger partial charge in [0.15, 0.2) is 0 Å². The molecule has 3 nitrogen and oxygen atoms in total. The summed E-state index contributed by atoms with van der Waals surface area (Å²) in [6.45, 7) is 4.54. The van der Waals surface area contributed by atoms with E-state index in [2.05, 4.69) is 31.0 Å². The molecule has 0 saturated carbocycles. The highest BCUT2D eigenvalue weighted by atomic mass is 19.1. The number of fused-ring (bicyclic) bond motifs is 1. The Morgan fingerprint density at radius 3 is 2.67 bits per heavy atom. The van der Waals surface area contributed by atoms with Gasteiger partial charge in [0.2, 0.25) is 0 Å². The number of rotatable bonds is 3. The normalized spacial score (nSPS) is 12.8. The van der Waals surface area contributed by atoms with Crippen molar-refractivity contribution in [1.82, 2.24) is 9.55 Å². The molecule has 4 heteroatoms. The SMILES string of the molecule is Cc1cc2ncn(C(CN)c3cccc(F)c3)c2cc1C. The summed E-state index contributed by atoms with van der Waals surface area (Å²) in [5, 5.41) is 0. The van der Waals surface area contributed by atoms with Crippen molar-refractivity contribution in [1.29, 1.82) is 0 Å². The first-order chi connectivity index (χ1) is 10.1. The van der Waals surface area contributed by atoms with Gasteiger partial charge in [-0.3, -0.25) is 0 Å². The first-order valence-corrected chi connectivity index (χ1v) is 6.99. The van der Waals surface area contributed by atoms with Crippen molar-refractivity contribution in [3.63, 3.8) is 0 Å². The minimum Gasteiger partial charge on any atom is -0.328 e. The molecule has 0 radical (unpaired) electrons. The maximum atomic E-state index is 13.5. The lowest BCUT2D eigenvalue weighted by Gasteiger charge is -2.18. The van der Waals surface area contributed by atoms with Gasteiger partial charge in [0.25, 0.3) is 0 Å². The Kier molecular flexibility index (Phi) is 3.47. The van der Waals surface area contributed by atoms with Gasteiger partial charge >= 0.3 is 0 Å². The Bertz CT molecular complexity index is 792. The van der Waals surface area contributed by atoms with E-state index in [1.807, 2.05) is 10.6 Å². The van der Waals surface area contributed by atoms with Gasteiger partial charge < -0.3 is 10.3 Å². The van der Waals surface area contributed by atoms with E-state index >= 15 is 0 Å². The van der Waals surface area contributed by atoms with Crippen LogP contribution in [0.3, 0.4) is 0 Å². The molecule has 0 bridgehead atoms. The van der Waals surface area contributed by atoms with Gasteiger partial charge in [-0.2, -0.15) is 0 Å². The zero-order valence-electron chi connectivity index (χ0n) is 12.2. The molecule has 21 heavy (non-hydrogen) atoms. The van der Waals surface area contributed by atoms with Crippen LogP contribution in [0.1, 0.15) is 22.7 Å². The maximum Gasteiger partial charge on any atom is 0.123 e. The molecule has 1 aromatic heterocycles. The predicted molar refractivity (Wildman–Crippen MR) is 82.8 cm³/mol. The lowest BCUT2D eigenvalue weighted by atomic mass is 10.1. The first-order valence-electron chi connectivity index (χ1n) is 6.99. The molecule has 2 aromatic carbocycles. The summed E-state index contributed by atoms with van der Waals surface area (Å²) in [4.78, 5) is 4.45. The molecular weight excluding hydrogens is 265 g/mol.